The molecular formula is C12H15N3O2. The summed E-state index contributed by atoms with van der Waals surface area (Å²) in [5, 5.41) is 17.6. The number of hydrogen-bond donors (Lipinski definition) is 1. The van der Waals surface area contributed by atoms with Crippen LogP contribution in [0.5, 0.6) is 0 Å². The zero-order valence-electron chi connectivity index (χ0n) is 10.1. The van der Waals surface area contributed by atoms with Crippen molar-refractivity contribution in [1.29, 1.82) is 5.26 Å². The Morgan fingerprint density at radius 1 is 1.65 bits per heavy atom. The number of pyridine rings is 1. The highest BCUT2D eigenvalue weighted by molar-refractivity contribution is 5.89. The monoisotopic (exact) mass is 233 g/mol. The number of carboxylic acid groups (broad SMARTS) is 1. The fourth-order valence-corrected chi connectivity index (χ4v) is 1.53. The van der Waals surface area contributed by atoms with Crippen LogP contribution in [-0.2, 0) is 0 Å². The quantitative estimate of drug-likeness (QED) is 0.856. The highest BCUT2D eigenvalue weighted by Crippen LogP contribution is 2.14. The summed E-state index contributed by atoms with van der Waals surface area (Å²) in [5.74, 6) is -0.398. The molecule has 1 unspecified atom stereocenters. The zero-order valence-corrected chi connectivity index (χ0v) is 10.1. The first-order valence-corrected chi connectivity index (χ1v) is 5.27. The first-order valence-electron chi connectivity index (χ1n) is 5.27. The Kier molecular flexibility index (Phi) is 4.05. The molecule has 0 aliphatic rings. The molecule has 0 saturated carbocycles. The minimum absolute atomic E-state index is 0.0961. The van der Waals surface area contributed by atoms with Gasteiger partial charge in [-0.3, -0.25) is 0 Å². The van der Waals surface area contributed by atoms with E-state index in [0.29, 0.717) is 18.1 Å². The van der Waals surface area contributed by atoms with Gasteiger partial charge in [0, 0.05) is 13.6 Å². The van der Waals surface area contributed by atoms with E-state index in [9.17, 15) is 4.79 Å². The maximum absolute atomic E-state index is 10.8. The number of nitrogens with zero attached hydrogens (tertiary/aromatic N) is 3. The largest absolute Gasteiger partial charge is 0.478 e. The maximum Gasteiger partial charge on any atom is 0.337 e. The van der Waals surface area contributed by atoms with Gasteiger partial charge in [-0.25, -0.2) is 9.78 Å². The van der Waals surface area contributed by atoms with Crippen LogP contribution in [0.25, 0.3) is 0 Å². The summed E-state index contributed by atoms with van der Waals surface area (Å²) in [7, 11) is 1.83. The molecule has 1 atom stereocenters. The predicted octanol–water partition coefficient (Wildman–Crippen LogP) is 1.68. The van der Waals surface area contributed by atoms with Crippen LogP contribution >= 0.6 is 0 Å². The Labute approximate surface area is 100 Å². The van der Waals surface area contributed by atoms with Crippen molar-refractivity contribution in [1.82, 2.24) is 4.98 Å². The van der Waals surface area contributed by atoms with E-state index in [1.807, 2.05) is 18.9 Å². The van der Waals surface area contributed by atoms with Gasteiger partial charge in [0.1, 0.15) is 5.82 Å². The van der Waals surface area contributed by atoms with Crippen LogP contribution < -0.4 is 4.90 Å². The molecule has 0 saturated heterocycles. The Bertz CT molecular complexity index is 465. The molecule has 1 aromatic heterocycles. The molecule has 5 heteroatoms. The predicted molar refractivity (Wildman–Crippen MR) is 64.0 cm³/mol. The minimum Gasteiger partial charge on any atom is -0.478 e. The molecule has 0 bridgehead atoms. The van der Waals surface area contributed by atoms with Gasteiger partial charge in [0.2, 0.25) is 0 Å². The molecule has 17 heavy (non-hydrogen) atoms. The Balaban J connectivity index is 2.90. The van der Waals surface area contributed by atoms with E-state index in [1.165, 1.54) is 6.07 Å². The van der Waals surface area contributed by atoms with Gasteiger partial charge in [0.05, 0.1) is 23.2 Å². The summed E-state index contributed by atoms with van der Waals surface area (Å²) in [5.41, 5.74) is 0.682. The Hall–Kier alpha value is -2.09. The summed E-state index contributed by atoms with van der Waals surface area (Å²) in [6.07, 6.45) is 0. The number of aromatic nitrogens is 1. The normalized spacial score (nSPS) is 11.6. The van der Waals surface area contributed by atoms with Gasteiger partial charge >= 0.3 is 5.97 Å². The van der Waals surface area contributed by atoms with Crippen LogP contribution in [0.2, 0.25) is 0 Å². The average Bonchev–Trinajstić information content (AvgIpc) is 2.28. The number of carboxylic acids is 1. The van der Waals surface area contributed by atoms with E-state index in [2.05, 4.69) is 11.1 Å². The second-order valence-electron chi connectivity index (χ2n) is 4.02. The molecule has 90 valence electrons. The molecule has 1 N–H and O–H groups in total. The zero-order chi connectivity index (χ0) is 13.0. The lowest BCUT2D eigenvalue weighted by Gasteiger charge is -2.19. The summed E-state index contributed by atoms with van der Waals surface area (Å²) in [4.78, 5) is 16.9. The number of aromatic carboxylic acids is 1. The van der Waals surface area contributed by atoms with E-state index in [-0.39, 0.29) is 11.5 Å². The molecule has 1 aromatic rings. The Morgan fingerprint density at radius 3 is 2.76 bits per heavy atom. The van der Waals surface area contributed by atoms with Crippen molar-refractivity contribution in [3.8, 4) is 6.07 Å². The van der Waals surface area contributed by atoms with E-state index in [4.69, 9.17) is 10.4 Å². The van der Waals surface area contributed by atoms with Crippen molar-refractivity contribution in [2.75, 3.05) is 18.5 Å². The minimum atomic E-state index is -0.977. The molecular weight excluding hydrogens is 218 g/mol. The lowest BCUT2D eigenvalue weighted by Crippen LogP contribution is -2.24. The highest BCUT2D eigenvalue weighted by Gasteiger charge is 2.12. The van der Waals surface area contributed by atoms with E-state index in [0.717, 1.165) is 0 Å². The smallest absolute Gasteiger partial charge is 0.337 e. The molecule has 0 aromatic carbocycles. The molecule has 5 nitrogen and oxygen atoms in total. The summed E-state index contributed by atoms with van der Waals surface area (Å²) < 4.78 is 0. The van der Waals surface area contributed by atoms with Gasteiger partial charge in [-0.15, -0.1) is 0 Å². The number of rotatable bonds is 4. The van der Waals surface area contributed by atoms with Gasteiger partial charge in [0.25, 0.3) is 0 Å². The number of nitriles is 1. The van der Waals surface area contributed by atoms with Crippen LogP contribution in [0.15, 0.2) is 12.1 Å². The number of hydrogen-bond acceptors (Lipinski definition) is 4. The van der Waals surface area contributed by atoms with E-state index in [1.54, 1.807) is 13.0 Å². The fraction of sp³-hybridized carbons (Fsp3) is 0.417. The molecule has 0 aliphatic heterocycles. The molecule has 0 spiro atoms. The van der Waals surface area contributed by atoms with E-state index < -0.39 is 5.97 Å². The molecule has 0 amide bonds. The van der Waals surface area contributed by atoms with Crippen LogP contribution in [-0.4, -0.2) is 29.7 Å². The van der Waals surface area contributed by atoms with Crippen LogP contribution in [0.1, 0.15) is 23.0 Å². The van der Waals surface area contributed by atoms with Crippen LogP contribution in [0.3, 0.4) is 0 Å². The second-order valence-corrected chi connectivity index (χ2v) is 4.02. The molecule has 0 radical (unpaired) electrons. The number of anilines is 1. The first kappa shape index (κ1) is 13.0. The van der Waals surface area contributed by atoms with Crippen molar-refractivity contribution in [3.63, 3.8) is 0 Å². The second kappa shape index (κ2) is 5.30. The van der Waals surface area contributed by atoms with Crippen molar-refractivity contribution in [3.05, 3.63) is 23.4 Å². The van der Waals surface area contributed by atoms with Crippen molar-refractivity contribution >= 4 is 11.8 Å². The SMILES string of the molecule is Cc1nc(N(C)CC(C)C#N)ccc1C(=O)O. The van der Waals surface area contributed by atoms with Crippen LogP contribution in [0.4, 0.5) is 5.82 Å². The third-order valence-electron chi connectivity index (χ3n) is 2.46. The molecule has 0 fully saturated rings. The number of aryl methyl sites for hydroxylation is 1. The third kappa shape index (κ3) is 3.18. The van der Waals surface area contributed by atoms with E-state index >= 15 is 0 Å². The summed E-state index contributed by atoms with van der Waals surface area (Å²) in [6.45, 7) is 4.05. The van der Waals surface area contributed by atoms with Crippen molar-refractivity contribution < 1.29 is 9.90 Å². The summed E-state index contributed by atoms with van der Waals surface area (Å²) in [6, 6.07) is 5.33. The molecule has 1 heterocycles. The third-order valence-corrected chi connectivity index (χ3v) is 2.46. The van der Waals surface area contributed by atoms with Gasteiger partial charge < -0.3 is 10.0 Å². The molecule has 0 aliphatic carbocycles. The molecule has 1 rings (SSSR count). The maximum atomic E-state index is 10.8. The average molecular weight is 233 g/mol. The summed E-state index contributed by atoms with van der Waals surface area (Å²) >= 11 is 0. The van der Waals surface area contributed by atoms with Gasteiger partial charge in [-0.2, -0.15) is 5.26 Å². The topological polar surface area (TPSA) is 77.2 Å². The lowest BCUT2D eigenvalue weighted by atomic mass is 10.2. The van der Waals surface area contributed by atoms with Crippen molar-refractivity contribution in [2.45, 2.75) is 13.8 Å². The highest BCUT2D eigenvalue weighted by atomic mass is 16.4. The van der Waals surface area contributed by atoms with Gasteiger partial charge in [-0.05, 0) is 26.0 Å². The number of carbonyl (C=O) groups is 1. The Morgan fingerprint density at radius 2 is 2.29 bits per heavy atom. The first-order chi connectivity index (χ1) is 7.95. The van der Waals surface area contributed by atoms with Crippen LogP contribution in [0, 0.1) is 24.2 Å². The van der Waals surface area contributed by atoms with Gasteiger partial charge in [-0.1, -0.05) is 0 Å². The lowest BCUT2D eigenvalue weighted by molar-refractivity contribution is 0.0695. The van der Waals surface area contributed by atoms with Crippen molar-refractivity contribution in [2.24, 2.45) is 5.92 Å². The fourth-order valence-electron chi connectivity index (χ4n) is 1.53. The van der Waals surface area contributed by atoms with Gasteiger partial charge in [0.15, 0.2) is 0 Å². The standard InChI is InChI=1S/C12H15N3O2/c1-8(6-13)7-15(3)11-5-4-10(12(16)17)9(2)14-11/h4-5,8H,7H2,1-3H3,(H,16,17).